The smallest absolute Gasteiger partial charge is 0.271 e. The van der Waals surface area contributed by atoms with E-state index in [0.717, 1.165) is 23.1 Å². The van der Waals surface area contributed by atoms with E-state index in [2.05, 4.69) is 10.0 Å². The van der Waals surface area contributed by atoms with Gasteiger partial charge in [0.1, 0.15) is 5.82 Å². The van der Waals surface area contributed by atoms with Gasteiger partial charge in [0.05, 0.1) is 10.6 Å². The number of nitro benzene ring substituents is 1. The van der Waals surface area contributed by atoms with Gasteiger partial charge in [0.15, 0.2) is 0 Å². The minimum absolute atomic E-state index is 0.118. The largest absolute Gasteiger partial charge is 0.309 e. The average molecular weight is 279 g/mol. The van der Waals surface area contributed by atoms with Gasteiger partial charge in [0.2, 0.25) is 5.91 Å². The average Bonchev–Trinajstić information content (AvgIpc) is 2.77. The summed E-state index contributed by atoms with van der Waals surface area (Å²) in [6, 6.07) is 3.03. The molecule has 1 aromatic carbocycles. The molecular weight excluding hydrogens is 269 g/mol. The van der Waals surface area contributed by atoms with Gasteiger partial charge in [-0.3, -0.25) is 14.9 Å². The predicted molar refractivity (Wildman–Crippen MR) is 67.5 cm³/mol. The Labute approximate surface area is 112 Å². The number of hydrogen-bond acceptors (Lipinski definition) is 4. The van der Waals surface area contributed by atoms with Gasteiger partial charge in [0.25, 0.3) is 5.69 Å². The second-order valence-electron chi connectivity index (χ2n) is 4.38. The molecule has 1 aliphatic heterocycles. The lowest BCUT2D eigenvalue weighted by Crippen LogP contribution is -2.25. The van der Waals surface area contributed by atoms with Crippen molar-refractivity contribution >= 4 is 17.3 Å². The first-order chi connectivity index (χ1) is 9.52. The molecule has 20 heavy (non-hydrogen) atoms. The van der Waals surface area contributed by atoms with Crippen LogP contribution >= 0.6 is 0 Å². The zero-order valence-electron chi connectivity index (χ0n) is 10.3. The number of rotatable bonds is 4. The number of hydrogen-bond donors (Lipinski definition) is 0. The molecule has 1 saturated heterocycles. The van der Waals surface area contributed by atoms with Gasteiger partial charge in [-0.25, -0.2) is 4.39 Å². The van der Waals surface area contributed by atoms with Crippen molar-refractivity contribution in [3.8, 4) is 0 Å². The van der Waals surface area contributed by atoms with Crippen molar-refractivity contribution in [2.45, 2.75) is 6.42 Å². The number of halogens is 1. The molecule has 1 aromatic rings. The monoisotopic (exact) mass is 279 g/mol. The molecule has 0 aliphatic carbocycles. The molecule has 1 aliphatic rings. The van der Waals surface area contributed by atoms with Crippen LogP contribution in [0.15, 0.2) is 23.3 Å². The first-order valence-corrected chi connectivity index (χ1v) is 5.78. The van der Waals surface area contributed by atoms with E-state index in [1.165, 1.54) is 0 Å². The highest BCUT2D eigenvalue weighted by molar-refractivity contribution is 5.96. The molecule has 2 rings (SSSR count). The van der Waals surface area contributed by atoms with Crippen molar-refractivity contribution in [2.24, 2.45) is 11.0 Å². The number of carbonyl (C=O) groups is 1. The van der Waals surface area contributed by atoms with Crippen molar-refractivity contribution in [1.82, 2.24) is 0 Å². The Morgan fingerprint density at radius 1 is 1.60 bits per heavy atom. The Hall–Kier alpha value is -2.67. The molecule has 1 fully saturated rings. The molecule has 8 nitrogen and oxygen atoms in total. The van der Waals surface area contributed by atoms with Crippen LogP contribution in [0.25, 0.3) is 10.4 Å². The van der Waals surface area contributed by atoms with E-state index in [-0.39, 0.29) is 42.7 Å². The maximum absolute atomic E-state index is 13.7. The number of azide groups is 1. The fraction of sp³-hybridized carbons (Fsp3) is 0.364. The SMILES string of the molecule is [N-]=[N+]=NCC1CC(=O)N(c2cc([N+](=O)[O-])ccc2F)C1. The number of nitro groups is 1. The van der Waals surface area contributed by atoms with Crippen LogP contribution < -0.4 is 4.90 Å². The summed E-state index contributed by atoms with van der Waals surface area (Å²) in [5, 5.41) is 14.1. The van der Waals surface area contributed by atoms with Crippen LogP contribution in [0.1, 0.15) is 6.42 Å². The molecule has 0 bridgehead atoms. The van der Waals surface area contributed by atoms with E-state index >= 15 is 0 Å². The van der Waals surface area contributed by atoms with Crippen LogP contribution in [0.3, 0.4) is 0 Å². The highest BCUT2D eigenvalue weighted by Gasteiger charge is 2.32. The number of non-ortho nitro benzene ring substituents is 1. The summed E-state index contributed by atoms with van der Waals surface area (Å²) in [7, 11) is 0. The van der Waals surface area contributed by atoms with Gasteiger partial charge in [-0.15, -0.1) is 0 Å². The number of benzene rings is 1. The van der Waals surface area contributed by atoms with Crippen molar-refractivity contribution < 1.29 is 14.1 Å². The summed E-state index contributed by atoms with van der Waals surface area (Å²) in [6.45, 7) is 0.311. The summed E-state index contributed by atoms with van der Waals surface area (Å²) in [6.07, 6.45) is 0.126. The summed E-state index contributed by atoms with van der Waals surface area (Å²) in [5.74, 6) is -1.26. The standard InChI is InChI=1S/C11H10FN5O3/c12-9-2-1-8(17(19)20)4-10(9)16-6-7(3-11(16)18)5-14-15-13/h1-2,4,7H,3,5-6H2. The topological polar surface area (TPSA) is 112 Å². The third kappa shape index (κ3) is 2.67. The summed E-state index contributed by atoms with van der Waals surface area (Å²) in [5.41, 5.74) is 7.84. The number of carbonyl (C=O) groups excluding carboxylic acids is 1. The summed E-state index contributed by atoms with van der Waals surface area (Å²) < 4.78 is 13.7. The van der Waals surface area contributed by atoms with E-state index in [1.54, 1.807) is 0 Å². The first kappa shape index (κ1) is 13.8. The first-order valence-electron chi connectivity index (χ1n) is 5.78. The molecule has 1 amide bonds. The second-order valence-corrected chi connectivity index (χ2v) is 4.38. The zero-order valence-corrected chi connectivity index (χ0v) is 10.3. The lowest BCUT2D eigenvalue weighted by molar-refractivity contribution is -0.384. The Morgan fingerprint density at radius 3 is 3.00 bits per heavy atom. The number of anilines is 1. The third-order valence-electron chi connectivity index (χ3n) is 3.04. The Bertz CT molecular complexity index is 614. The van der Waals surface area contributed by atoms with Crippen LogP contribution in [-0.4, -0.2) is 23.9 Å². The normalized spacial score (nSPS) is 17.9. The Balaban J connectivity index is 2.27. The molecule has 9 heteroatoms. The molecule has 0 N–H and O–H groups in total. The van der Waals surface area contributed by atoms with Crippen LogP contribution in [0, 0.1) is 21.8 Å². The summed E-state index contributed by atoms with van der Waals surface area (Å²) in [4.78, 5) is 25.6. The Morgan fingerprint density at radius 2 is 2.35 bits per heavy atom. The van der Waals surface area contributed by atoms with E-state index in [9.17, 15) is 19.3 Å². The second kappa shape index (κ2) is 5.54. The fourth-order valence-electron chi connectivity index (χ4n) is 2.11. The molecule has 0 spiro atoms. The molecule has 1 unspecified atom stereocenters. The highest BCUT2D eigenvalue weighted by atomic mass is 19.1. The summed E-state index contributed by atoms with van der Waals surface area (Å²) >= 11 is 0. The van der Waals surface area contributed by atoms with Crippen molar-refractivity contribution in [3.63, 3.8) is 0 Å². The lowest BCUT2D eigenvalue weighted by Gasteiger charge is -2.16. The zero-order chi connectivity index (χ0) is 14.7. The van der Waals surface area contributed by atoms with E-state index in [0.29, 0.717) is 0 Å². The van der Waals surface area contributed by atoms with Crippen molar-refractivity contribution in [3.05, 3.63) is 44.6 Å². The highest BCUT2D eigenvalue weighted by Crippen LogP contribution is 2.30. The number of nitrogens with zero attached hydrogens (tertiary/aromatic N) is 5. The van der Waals surface area contributed by atoms with Crippen molar-refractivity contribution in [1.29, 1.82) is 0 Å². The minimum Gasteiger partial charge on any atom is -0.309 e. The molecule has 104 valence electrons. The van der Waals surface area contributed by atoms with Crippen LogP contribution in [-0.2, 0) is 4.79 Å². The molecule has 0 radical (unpaired) electrons. The maximum Gasteiger partial charge on any atom is 0.271 e. The molecule has 1 heterocycles. The van der Waals surface area contributed by atoms with E-state index < -0.39 is 10.7 Å². The minimum atomic E-state index is -0.701. The van der Waals surface area contributed by atoms with Gasteiger partial charge in [0, 0.05) is 36.6 Å². The predicted octanol–water partition coefficient (Wildman–Crippen LogP) is 2.40. The molecule has 1 atom stereocenters. The van der Waals surface area contributed by atoms with E-state index in [4.69, 9.17) is 5.53 Å². The number of amides is 1. The Kier molecular flexibility index (Phi) is 3.81. The van der Waals surface area contributed by atoms with E-state index in [1.807, 2.05) is 0 Å². The maximum atomic E-state index is 13.7. The quantitative estimate of drug-likeness (QED) is 0.277. The van der Waals surface area contributed by atoms with Crippen LogP contribution in [0.4, 0.5) is 15.8 Å². The molecular formula is C11H10FN5O3. The lowest BCUT2D eigenvalue weighted by atomic mass is 10.1. The van der Waals surface area contributed by atoms with Gasteiger partial charge < -0.3 is 4.90 Å². The molecule has 0 saturated carbocycles. The molecule has 0 aromatic heterocycles. The van der Waals surface area contributed by atoms with Crippen molar-refractivity contribution in [2.75, 3.05) is 18.0 Å². The van der Waals surface area contributed by atoms with Gasteiger partial charge in [-0.05, 0) is 17.5 Å². The van der Waals surface area contributed by atoms with Crippen LogP contribution in [0.5, 0.6) is 0 Å². The van der Waals surface area contributed by atoms with Gasteiger partial charge in [-0.2, -0.15) is 0 Å². The van der Waals surface area contributed by atoms with Crippen LogP contribution in [0.2, 0.25) is 0 Å². The fourth-order valence-corrected chi connectivity index (χ4v) is 2.11. The van der Waals surface area contributed by atoms with Gasteiger partial charge in [-0.1, -0.05) is 5.11 Å². The third-order valence-corrected chi connectivity index (χ3v) is 3.04. The van der Waals surface area contributed by atoms with Gasteiger partial charge >= 0.3 is 0 Å².